The molecule has 3 heterocycles. The van der Waals surface area contributed by atoms with Crippen LogP contribution in [0.3, 0.4) is 0 Å². The normalized spacial score (nSPS) is 11.9. The maximum Gasteiger partial charge on any atom is 0.247 e. The summed E-state index contributed by atoms with van der Waals surface area (Å²) in [7, 11) is 0. The number of carbonyl (C=O) groups excluding carboxylic acids is 2. The lowest BCUT2D eigenvalue weighted by Crippen LogP contribution is -2.44. The lowest BCUT2D eigenvalue weighted by atomic mass is 10.0. The van der Waals surface area contributed by atoms with Crippen molar-refractivity contribution in [3.8, 4) is 0 Å². The van der Waals surface area contributed by atoms with E-state index in [-0.39, 0.29) is 31.4 Å². The number of aromatic nitrogens is 3. The fraction of sp³-hybridized carbons (Fsp3) is 0.185. The third kappa shape index (κ3) is 5.05. The van der Waals surface area contributed by atoms with Crippen LogP contribution in [0.25, 0.3) is 11.0 Å². The maximum atomic E-state index is 13.8. The van der Waals surface area contributed by atoms with E-state index < -0.39 is 6.04 Å². The summed E-state index contributed by atoms with van der Waals surface area (Å²) < 4.78 is 12.4. The van der Waals surface area contributed by atoms with Crippen molar-refractivity contribution >= 4 is 22.8 Å². The Morgan fingerprint density at radius 3 is 2.39 bits per heavy atom. The molecule has 182 valence electrons. The number of para-hydroxylation sites is 1. The number of furan rings is 2. The van der Waals surface area contributed by atoms with Crippen LogP contribution in [0.2, 0.25) is 0 Å². The van der Waals surface area contributed by atoms with Crippen LogP contribution < -0.4 is 5.32 Å². The van der Waals surface area contributed by atoms with Crippen LogP contribution >= 0.6 is 0 Å². The Morgan fingerprint density at radius 1 is 0.944 bits per heavy atom. The van der Waals surface area contributed by atoms with E-state index in [2.05, 4.69) is 15.6 Å². The van der Waals surface area contributed by atoms with Crippen LogP contribution in [0.5, 0.6) is 0 Å². The highest BCUT2D eigenvalue weighted by molar-refractivity contribution is 5.89. The Kier molecular flexibility index (Phi) is 6.61. The molecule has 0 aliphatic carbocycles. The molecule has 0 aliphatic heterocycles. The summed E-state index contributed by atoms with van der Waals surface area (Å²) >= 11 is 0. The van der Waals surface area contributed by atoms with Gasteiger partial charge in [-0.1, -0.05) is 47.2 Å². The second kappa shape index (κ2) is 10.3. The molecule has 5 aromatic rings. The number of hydrogen-bond acceptors (Lipinski definition) is 6. The van der Waals surface area contributed by atoms with E-state index in [1.54, 1.807) is 41.5 Å². The van der Waals surface area contributed by atoms with Crippen LogP contribution in [0.4, 0.5) is 0 Å². The predicted molar refractivity (Wildman–Crippen MR) is 131 cm³/mol. The Morgan fingerprint density at radius 2 is 1.67 bits per heavy atom. The van der Waals surface area contributed by atoms with Crippen molar-refractivity contribution in [3.63, 3.8) is 0 Å². The van der Waals surface area contributed by atoms with Gasteiger partial charge >= 0.3 is 0 Å². The third-order valence-corrected chi connectivity index (χ3v) is 5.90. The van der Waals surface area contributed by atoms with Crippen LogP contribution in [0, 0.1) is 6.92 Å². The molecule has 2 amide bonds. The summed E-state index contributed by atoms with van der Waals surface area (Å²) in [6.45, 7) is 2.18. The molecule has 1 atom stereocenters. The Bertz CT molecular complexity index is 1440. The topological polar surface area (TPSA) is 106 Å². The van der Waals surface area contributed by atoms with Gasteiger partial charge in [-0.15, -0.1) is 5.10 Å². The van der Waals surface area contributed by atoms with Gasteiger partial charge in [0.05, 0.1) is 31.1 Å². The van der Waals surface area contributed by atoms with E-state index >= 15 is 0 Å². The van der Waals surface area contributed by atoms with E-state index in [0.29, 0.717) is 22.6 Å². The van der Waals surface area contributed by atoms with Gasteiger partial charge in [0.15, 0.2) is 0 Å². The zero-order chi connectivity index (χ0) is 24.9. The number of aryl methyl sites for hydroxylation is 1. The van der Waals surface area contributed by atoms with Crippen molar-refractivity contribution < 1.29 is 18.4 Å². The summed E-state index contributed by atoms with van der Waals surface area (Å²) in [6.07, 6.45) is 3.09. The second-order valence-corrected chi connectivity index (χ2v) is 8.45. The summed E-state index contributed by atoms with van der Waals surface area (Å²) in [4.78, 5) is 28.9. The van der Waals surface area contributed by atoms with Crippen LogP contribution in [0.15, 0.2) is 94.2 Å². The molecule has 9 heteroatoms. The Balaban J connectivity index is 1.49. The molecular weight excluding hydrogens is 458 g/mol. The average molecular weight is 484 g/mol. The van der Waals surface area contributed by atoms with Crippen molar-refractivity contribution in [2.75, 3.05) is 0 Å². The first-order valence-electron chi connectivity index (χ1n) is 11.6. The number of nitrogens with zero attached hydrogens (tertiary/aromatic N) is 4. The first kappa shape index (κ1) is 23.1. The zero-order valence-corrected chi connectivity index (χ0v) is 19.7. The molecule has 0 radical (unpaired) electrons. The molecule has 3 aromatic heterocycles. The zero-order valence-electron chi connectivity index (χ0n) is 19.7. The molecule has 0 aliphatic rings. The van der Waals surface area contributed by atoms with Gasteiger partial charge in [0, 0.05) is 0 Å². The van der Waals surface area contributed by atoms with Gasteiger partial charge in [0.25, 0.3) is 0 Å². The molecular formula is C27H25N5O4. The molecule has 36 heavy (non-hydrogen) atoms. The quantitative estimate of drug-likeness (QED) is 0.340. The first-order chi connectivity index (χ1) is 17.6. The monoisotopic (exact) mass is 483 g/mol. The van der Waals surface area contributed by atoms with Gasteiger partial charge in [-0.05, 0) is 48.9 Å². The number of nitrogens with one attached hydrogen (secondary N) is 1. The summed E-state index contributed by atoms with van der Waals surface area (Å²) in [5.74, 6) is 0.533. The standard InChI is InChI=1S/C27H25N5O4/c1-19-10-12-20(13-11-19)26(27(34)28-16-21-6-4-14-35-21)31(17-22-7-5-15-36-22)25(33)18-32-24-9-3-2-8-23(24)29-30-32/h2-15,26H,16-18H2,1H3,(H,28,34). The van der Waals surface area contributed by atoms with E-state index in [0.717, 1.165) is 11.1 Å². The van der Waals surface area contributed by atoms with Gasteiger partial charge in [-0.25, -0.2) is 4.68 Å². The molecule has 0 saturated carbocycles. The highest BCUT2D eigenvalue weighted by atomic mass is 16.3. The average Bonchev–Trinajstić information content (AvgIpc) is 3.67. The molecule has 0 spiro atoms. The maximum absolute atomic E-state index is 13.8. The Labute approximate surface area is 207 Å². The molecule has 9 nitrogen and oxygen atoms in total. The van der Waals surface area contributed by atoms with Crippen molar-refractivity contribution in [2.24, 2.45) is 0 Å². The van der Waals surface area contributed by atoms with Crippen molar-refractivity contribution in [1.82, 2.24) is 25.2 Å². The van der Waals surface area contributed by atoms with Crippen LogP contribution in [-0.2, 0) is 29.2 Å². The number of fused-ring (bicyclic) bond motifs is 1. The minimum atomic E-state index is -0.909. The number of amides is 2. The molecule has 0 bridgehead atoms. The first-order valence-corrected chi connectivity index (χ1v) is 11.6. The van der Waals surface area contributed by atoms with Gasteiger partial charge in [-0.2, -0.15) is 0 Å². The highest BCUT2D eigenvalue weighted by Crippen LogP contribution is 2.25. The lowest BCUT2D eigenvalue weighted by molar-refractivity contribution is -0.142. The largest absolute Gasteiger partial charge is 0.467 e. The molecule has 5 rings (SSSR count). The fourth-order valence-electron chi connectivity index (χ4n) is 4.05. The minimum absolute atomic E-state index is 0.0882. The van der Waals surface area contributed by atoms with Gasteiger partial charge in [-0.3, -0.25) is 9.59 Å². The second-order valence-electron chi connectivity index (χ2n) is 8.45. The number of benzene rings is 2. The van der Waals surface area contributed by atoms with Crippen molar-refractivity contribution in [1.29, 1.82) is 0 Å². The highest BCUT2D eigenvalue weighted by Gasteiger charge is 2.32. The van der Waals surface area contributed by atoms with Crippen molar-refractivity contribution in [2.45, 2.75) is 32.6 Å². The SMILES string of the molecule is Cc1ccc(C(C(=O)NCc2ccco2)N(Cc2ccco2)C(=O)Cn2nnc3ccccc32)cc1. The Hall–Kier alpha value is -4.66. The summed E-state index contributed by atoms with van der Waals surface area (Å²) in [6, 6.07) is 21.1. The smallest absolute Gasteiger partial charge is 0.247 e. The van der Waals surface area contributed by atoms with E-state index in [1.165, 1.54) is 4.90 Å². The molecule has 1 N–H and O–H groups in total. The predicted octanol–water partition coefficient (Wildman–Crippen LogP) is 4.01. The third-order valence-electron chi connectivity index (χ3n) is 5.90. The van der Waals surface area contributed by atoms with Crippen LogP contribution in [0.1, 0.15) is 28.7 Å². The van der Waals surface area contributed by atoms with Gasteiger partial charge < -0.3 is 19.1 Å². The minimum Gasteiger partial charge on any atom is -0.467 e. The molecule has 0 fully saturated rings. The van der Waals surface area contributed by atoms with E-state index in [9.17, 15) is 9.59 Å². The number of rotatable bonds is 9. The molecule has 0 saturated heterocycles. The van der Waals surface area contributed by atoms with Crippen molar-refractivity contribution in [3.05, 3.63) is 108 Å². The number of hydrogen-bond donors (Lipinski definition) is 1. The summed E-state index contributed by atoms with van der Waals surface area (Å²) in [5.41, 5.74) is 3.15. The number of carbonyl (C=O) groups is 2. The fourth-order valence-corrected chi connectivity index (χ4v) is 4.05. The van der Waals surface area contributed by atoms with Crippen LogP contribution in [-0.4, -0.2) is 31.7 Å². The molecule has 2 aromatic carbocycles. The lowest BCUT2D eigenvalue weighted by Gasteiger charge is -2.31. The molecule has 1 unspecified atom stereocenters. The van der Waals surface area contributed by atoms with E-state index in [4.69, 9.17) is 8.83 Å². The van der Waals surface area contributed by atoms with E-state index in [1.807, 2.05) is 55.5 Å². The summed E-state index contributed by atoms with van der Waals surface area (Å²) in [5, 5.41) is 11.2. The van der Waals surface area contributed by atoms with Gasteiger partial charge in [0.1, 0.15) is 29.6 Å². The van der Waals surface area contributed by atoms with Gasteiger partial charge in [0.2, 0.25) is 11.8 Å².